The molecule has 1 atom stereocenters. The van der Waals surface area contributed by atoms with Crippen LogP contribution in [0.2, 0.25) is 0 Å². The van der Waals surface area contributed by atoms with Crippen LogP contribution in [0.15, 0.2) is 146 Å². The average molecular weight is 811 g/mol. The zero-order valence-corrected chi connectivity index (χ0v) is 36.9. The monoisotopic (exact) mass is 811 g/mol. The minimum absolute atomic E-state index is 0.152. The molecule has 0 aliphatic carbocycles. The number of rotatable bonds is 37. The third kappa shape index (κ3) is 44.2. The molecule has 0 aliphatic rings. The Bertz CT molecular complexity index is 1390. The first-order valence-electron chi connectivity index (χ1n) is 22.4. The first-order valence-corrected chi connectivity index (χ1v) is 22.4. The topological polar surface area (TPSA) is 78.9 Å². The number of esters is 3. The molecule has 0 rings (SSSR count). The van der Waals surface area contributed by atoms with E-state index in [-0.39, 0.29) is 38.4 Å². The molecule has 0 radical (unpaired) electrons. The van der Waals surface area contributed by atoms with Crippen LogP contribution in [0.3, 0.4) is 0 Å². The van der Waals surface area contributed by atoms with Crippen LogP contribution in [-0.4, -0.2) is 37.2 Å². The van der Waals surface area contributed by atoms with E-state index in [1.807, 2.05) is 66.8 Å². The summed E-state index contributed by atoms with van der Waals surface area (Å²) in [5.74, 6) is -1.17. The second-order valence-corrected chi connectivity index (χ2v) is 14.0. The first kappa shape index (κ1) is 54.3. The predicted molar refractivity (Wildman–Crippen MR) is 251 cm³/mol. The Hall–Kier alpha value is -4.71. The van der Waals surface area contributed by atoms with Crippen molar-refractivity contribution in [1.82, 2.24) is 0 Å². The molecule has 326 valence electrons. The Balaban J connectivity index is 4.63. The van der Waals surface area contributed by atoms with Crippen LogP contribution in [0.5, 0.6) is 0 Å². The Labute approximate surface area is 359 Å². The van der Waals surface area contributed by atoms with Gasteiger partial charge in [-0.15, -0.1) is 0 Å². The summed E-state index contributed by atoms with van der Waals surface area (Å²) in [6, 6.07) is 0. The van der Waals surface area contributed by atoms with Gasteiger partial charge in [0.1, 0.15) is 13.2 Å². The molecule has 0 spiro atoms. The van der Waals surface area contributed by atoms with Gasteiger partial charge >= 0.3 is 17.9 Å². The standard InChI is InChI=1S/C53H78O6/c1-4-7-10-13-16-19-21-23-24-25-26-27-28-30-31-34-37-40-43-46-52(55)58-49-50(48-57-51(54)45-42-39-36-33-18-15-12-9-6-3)59-53(56)47-44-41-38-35-32-29-22-20-17-14-11-8-5-2/h7-8,10-11,14,16-17,19-20,22-24,26-27,29-33,35-38,40,50H,4-6,9,12-13,15,18,21,25,28,34,39,41-49H2,1-3H3/b10-7-,11-8-,17-14-,19-16-,22-20-,24-23-,27-26-,31-30-,32-29-,36-33-,38-35-,40-37-. The van der Waals surface area contributed by atoms with Crippen molar-refractivity contribution in [2.45, 2.75) is 155 Å². The van der Waals surface area contributed by atoms with E-state index < -0.39 is 18.0 Å². The molecule has 0 aliphatic heterocycles. The maximum atomic E-state index is 12.7. The Morgan fingerprint density at radius 1 is 0.373 bits per heavy atom. The normalized spacial score (nSPS) is 13.5. The average Bonchev–Trinajstić information content (AvgIpc) is 3.23. The van der Waals surface area contributed by atoms with Crippen molar-refractivity contribution in [3.05, 3.63) is 146 Å². The van der Waals surface area contributed by atoms with Crippen LogP contribution in [0.25, 0.3) is 0 Å². The molecule has 0 aromatic carbocycles. The van der Waals surface area contributed by atoms with Gasteiger partial charge in [0.2, 0.25) is 0 Å². The summed E-state index contributed by atoms with van der Waals surface area (Å²) in [6.45, 7) is 6.14. The van der Waals surface area contributed by atoms with E-state index in [0.29, 0.717) is 25.7 Å². The molecule has 1 unspecified atom stereocenters. The fourth-order valence-corrected chi connectivity index (χ4v) is 5.15. The molecule has 0 N–H and O–H groups in total. The van der Waals surface area contributed by atoms with E-state index in [4.69, 9.17) is 14.2 Å². The molecule has 0 heterocycles. The van der Waals surface area contributed by atoms with Crippen molar-refractivity contribution < 1.29 is 28.6 Å². The highest BCUT2D eigenvalue weighted by molar-refractivity contribution is 5.71. The van der Waals surface area contributed by atoms with Gasteiger partial charge in [-0.25, -0.2) is 0 Å². The lowest BCUT2D eigenvalue weighted by Crippen LogP contribution is -2.30. The first-order chi connectivity index (χ1) is 29.0. The fourth-order valence-electron chi connectivity index (χ4n) is 5.15. The van der Waals surface area contributed by atoms with E-state index >= 15 is 0 Å². The molecular formula is C53H78O6. The molecule has 59 heavy (non-hydrogen) atoms. The summed E-state index contributed by atoms with van der Waals surface area (Å²) in [4.78, 5) is 37.6. The van der Waals surface area contributed by atoms with Gasteiger partial charge in [-0.05, 0) is 89.9 Å². The summed E-state index contributed by atoms with van der Waals surface area (Å²) in [5, 5.41) is 0. The van der Waals surface area contributed by atoms with Crippen molar-refractivity contribution in [2.24, 2.45) is 0 Å². The largest absolute Gasteiger partial charge is 0.462 e. The maximum absolute atomic E-state index is 12.7. The van der Waals surface area contributed by atoms with Crippen molar-refractivity contribution in [2.75, 3.05) is 13.2 Å². The zero-order valence-electron chi connectivity index (χ0n) is 36.9. The van der Waals surface area contributed by atoms with Gasteiger partial charge in [0.25, 0.3) is 0 Å². The highest BCUT2D eigenvalue weighted by Crippen LogP contribution is 2.08. The van der Waals surface area contributed by atoms with Gasteiger partial charge in [0.05, 0.1) is 0 Å². The molecule has 0 saturated carbocycles. The third-order valence-corrected chi connectivity index (χ3v) is 8.45. The molecule has 0 aromatic rings. The number of allylic oxidation sites excluding steroid dienone is 24. The van der Waals surface area contributed by atoms with Gasteiger partial charge in [0.15, 0.2) is 6.10 Å². The molecule has 0 aromatic heterocycles. The lowest BCUT2D eigenvalue weighted by Gasteiger charge is -2.18. The van der Waals surface area contributed by atoms with Crippen LogP contribution in [0.1, 0.15) is 149 Å². The van der Waals surface area contributed by atoms with Gasteiger partial charge < -0.3 is 14.2 Å². The Morgan fingerprint density at radius 3 is 1.31 bits per heavy atom. The number of hydrogen-bond donors (Lipinski definition) is 0. The minimum atomic E-state index is -0.860. The van der Waals surface area contributed by atoms with Crippen LogP contribution in [0.4, 0.5) is 0 Å². The molecular weight excluding hydrogens is 733 g/mol. The quantitative estimate of drug-likeness (QED) is 0.0204. The van der Waals surface area contributed by atoms with Crippen LogP contribution < -0.4 is 0 Å². The molecule has 0 fully saturated rings. The van der Waals surface area contributed by atoms with Gasteiger partial charge in [-0.1, -0.05) is 186 Å². The molecule has 0 bridgehead atoms. The lowest BCUT2D eigenvalue weighted by atomic mass is 10.1. The summed E-state index contributed by atoms with van der Waals surface area (Å²) in [5.41, 5.74) is 0. The number of unbranched alkanes of at least 4 members (excludes halogenated alkanes) is 6. The number of carbonyl (C=O) groups is 3. The Kier molecular flexibility index (Phi) is 42.3. The summed E-state index contributed by atoms with van der Waals surface area (Å²) in [6.07, 6.45) is 65.8. The zero-order chi connectivity index (χ0) is 43.0. The molecule has 6 nitrogen and oxygen atoms in total. The van der Waals surface area contributed by atoms with Crippen LogP contribution >= 0.6 is 0 Å². The summed E-state index contributed by atoms with van der Waals surface area (Å²) in [7, 11) is 0. The number of hydrogen-bond acceptors (Lipinski definition) is 6. The second-order valence-electron chi connectivity index (χ2n) is 14.0. The second kappa shape index (κ2) is 46.0. The van der Waals surface area contributed by atoms with Crippen LogP contribution in [0, 0.1) is 0 Å². The van der Waals surface area contributed by atoms with Gasteiger partial charge in [-0.2, -0.15) is 0 Å². The Morgan fingerprint density at radius 2 is 0.780 bits per heavy atom. The molecule has 6 heteroatoms. The fraction of sp³-hybridized carbons (Fsp3) is 0.491. The third-order valence-electron chi connectivity index (χ3n) is 8.45. The van der Waals surface area contributed by atoms with Crippen molar-refractivity contribution in [1.29, 1.82) is 0 Å². The van der Waals surface area contributed by atoms with E-state index in [9.17, 15) is 14.4 Å². The molecule has 0 saturated heterocycles. The van der Waals surface area contributed by atoms with Gasteiger partial charge in [0, 0.05) is 19.3 Å². The molecule has 0 amide bonds. The summed E-state index contributed by atoms with van der Waals surface area (Å²) < 4.78 is 16.5. The van der Waals surface area contributed by atoms with Crippen molar-refractivity contribution in [3.63, 3.8) is 0 Å². The van der Waals surface area contributed by atoms with E-state index in [2.05, 4.69) is 99.8 Å². The number of ether oxygens (including phenoxy) is 3. The minimum Gasteiger partial charge on any atom is -0.462 e. The SMILES string of the molecule is CC\C=C/C=C\C=C/C=C\C=C/CCCC(=O)OC(COC(=O)CC/C=C\C/C=C\C/C=C\C/C=C\C/C=C\C/C=C\CC)COC(=O)CCC/C=C\CCCCCC. The van der Waals surface area contributed by atoms with E-state index in [1.165, 1.54) is 25.7 Å². The van der Waals surface area contributed by atoms with E-state index in [1.54, 1.807) is 0 Å². The number of carbonyl (C=O) groups excluding carboxylic acids is 3. The predicted octanol–water partition coefficient (Wildman–Crippen LogP) is 14.5. The van der Waals surface area contributed by atoms with E-state index in [0.717, 1.165) is 57.8 Å². The summed E-state index contributed by atoms with van der Waals surface area (Å²) >= 11 is 0. The van der Waals surface area contributed by atoms with Crippen LogP contribution in [-0.2, 0) is 28.6 Å². The van der Waals surface area contributed by atoms with Crippen molar-refractivity contribution >= 4 is 17.9 Å². The maximum Gasteiger partial charge on any atom is 0.306 e. The van der Waals surface area contributed by atoms with Crippen molar-refractivity contribution in [3.8, 4) is 0 Å². The lowest BCUT2D eigenvalue weighted by molar-refractivity contribution is -0.166. The smallest absolute Gasteiger partial charge is 0.306 e. The highest BCUT2D eigenvalue weighted by atomic mass is 16.6. The van der Waals surface area contributed by atoms with Gasteiger partial charge in [-0.3, -0.25) is 14.4 Å². The highest BCUT2D eigenvalue weighted by Gasteiger charge is 2.19.